The zero-order valence-electron chi connectivity index (χ0n) is 37.6. The summed E-state index contributed by atoms with van der Waals surface area (Å²) in [4.78, 5) is 35.6. The molecule has 1 unspecified atom stereocenters. The third-order valence-electron chi connectivity index (χ3n) is 10.7. The van der Waals surface area contributed by atoms with Gasteiger partial charge in [-0.15, -0.1) is 0 Å². The molecule has 1 aliphatic carbocycles. The molecule has 13 heteroatoms. The average Bonchev–Trinajstić information content (AvgIpc) is 3.44. The van der Waals surface area contributed by atoms with Crippen LogP contribution in [0.2, 0.25) is 0 Å². The third-order valence-corrected chi connectivity index (χ3v) is 11.7. The SMILES string of the molecule is CCCCCCCC/C=C\CCCCCCCC(=O)O[C@H](COC(=O)CCC/C=C/C[C@@H]1[C@@H](/C=C/[C@@H](O)CCCCC)[C@H](O)C[C@@H]1O)COP(=O)(O)OCC[N+](C)(C)C. The van der Waals surface area contributed by atoms with Gasteiger partial charge in [-0.1, -0.05) is 121 Å². The van der Waals surface area contributed by atoms with E-state index in [0.717, 1.165) is 57.8 Å². The number of hydrogen-bond acceptors (Lipinski definition) is 10. The van der Waals surface area contributed by atoms with Crippen LogP contribution in [0.5, 0.6) is 0 Å². The Morgan fingerprint density at radius 3 is 1.97 bits per heavy atom. The van der Waals surface area contributed by atoms with Crippen molar-refractivity contribution >= 4 is 19.8 Å². The summed E-state index contributed by atoms with van der Waals surface area (Å²) >= 11 is 0. The summed E-state index contributed by atoms with van der Waals surface area (Å²) in [7, 11) is 1.34. The molecule has 0 aliphatic heterocycles. The summed E-state index contributed by atoms with van der Waals surface area (Å²) in [5.74, 6) is -1.40. The van der Waals surface area contributed by atoms with Crippen LogP contribution in [0.4, 0.5) is 0 Å². The van der Waals surface area contributed by atoms with Crippen LogP contribution in [0.1, 0.15) is 162 Å². The first-order valence-electron chi connectivity index (χ1n) is 23.0. The van der Waals surface area contributed by atoms with Crippen LogP contribution in [0.25, 0.3) is 0 Å². The summed E-state index contributed by atoms with van der Waals surface area (Å²) in [6, 6.07) is 0. The first kappa shape index (κ1) is 55.1. The lowest BCUT2D eigenvalue weighted by Crippen LogP contribution is -2.37. The zero-order chi connectivity index (χ0) is 43.8. The Labute approximate surface area is 358 Å². The van der Waals surface area contributed by atoms with Crippen molar-refractivity contribution in [3.8, 4) is 0 Å². The number of likely N-dealkylation sites (N-methyl/N-ethyl adjacent to an activating group) is 1. The molecule has 344 valence electrons. The van der Waals surface area contributed by atoms with Crippen LogP contribution in [-0.2, 0) is 32.7 Å². The van der Waals surface area contributed by atoms with Crippen molar-refractivity contribution in [3.63, 3.8) is 0 Å². The fraction of sp³-hybridized carbons (Fsp3) is 0.826. The molecule has 59 heavy (non-hydrogen) atoms. The van der Waals surface area contributed by atoms with E-state index in [4.69, 9.17) is 18.5 Å². The van der Waals surface area contributed by atoms with Crippen molar-refractivity contribution in [2.45, 2.75) is 186 Å². The van der Waals surface area contributed by atoms with E-state index in [0.29, 0.717) is 49.6 Å². The zero-order valence-corrected chi connectivity index (χ0v) is 38.5. The highest BCUT2D eigenvalue weighted by molar-refractivity contribution is 7.47. The molecule has 0 aromatic carbocycles. The number of quaternary nitrogens is 1. The predicted octanol–water partition coefficient (Wildman–Crippen LogP) is 9.29. The van der Waals surface area contributed by atoms with Crippen LogP contribution < -0.4 is 0 Å². The van der Waals surface area contributed by atoms with Crippen LogP contribution in [0.15, 0.2) is 36.5 Å². The van der Waals surface area contributed by atoms with E-state index in [-0.39, 0.29) is 37.9 Å². The molecule has 0 saturated heterocycles. The van der Waals surface area contributed by atoms with Gasteiger partial charge in [0.25, 0.3) is 0 Å². The quantitative estimate of drug-likeness (QED) is 0.0154. The fourth-order valence-corrected chi connectivity index (χ4v) is 7.74. The normalized spacial score (nSPS) is 20.8. The molecule has 7 atom stereocenters. The van der Waals surface area contributed by atoms with Gasteiger partial charge in [-0.05, 0) is 63.7 Å². The Hall–Kier alpha value is -1.89. The van der Waals surface area contributed by atoms with Gasteiger partial charge in [-0.3, -0.25) is 18.6 Å². The molecule has 0 radical (unpaired) electrons. The van der Waals surface area contributed by atoms with Crippen molar-refractivity contribution in [2.75, 3.05) is 47.5 Å². The lowest BCUT2D eigenvalue weighted by molar-refractivity contribution is -0.870. The monoisotopic (exact) mass is 859 g/mol. The maximum absolute atomic E-state index is 12.7. The number of allylic oxidation sites excluding steroid dienone is 4. The Balaban J connectivity index is 2.50. The molecule has 1 rings (SSSR count). The second-order valence-corrected chi connectivity index (χ2v) is 18.9. The Kier molecular flexibility index (Phi) is 31.5. The molecule has 1 aliphatic rings. The number of rotatable bonds is 37. The van der Waals surface area contributed by atoms with Crippen LogP contribution in [0, 0.1) is 11.8 Å². The summed E-state index contributed by atoms with van der Waals surface area (Å²) in [5, 5.41) is 31.3. The van der Waals surface area contributed by atoms with Gasteiger partial charge in [-0.25, -0.2) is 4.57 Å². The lowest BCUT2D eigenvalue weighted by Gasteiger charge is -2.24. The largest absolute Gasteiger partial charge is 0.472 e. The number of unbranched alkanes of at least 4 members (excludes halogenated alkanes) is 14. The van der Waals surface area contributed by atoms with Crippen LogP contribution >= 0.6 is 7.82 Å². The molecule has 12 nitrogen and oxygen atoms in total. The molecular formula is C46H85NO11P+. The molecule has 0 aromatic rings. The van der Waals surface area contributed by atoms with Crippen LogP contribution in [0.3, 0.4) is 0 Å². The fourth-order valence-electron chi connectivity index (χ4n) is 7.00. The number of phosphoric acid groups is 1. The number of carbonyl (C=O) groups is 2. The van der Waals surface area contributed by atoms with E-state index in [9.17, 15) is 34.4 Å². The van der Waals surface area contributed by atoms with Gasteiger partial charge < -0.3 is 34.2 Å². The molecule has 0 bridgehead atoms. The average molecular weight is 859 g/mol. The second-order valence-electron chi connectivity index (χ2n) is 17.4. The lowest BCUT2D eigenvalue weighted by atomic mass is 9.89. The summed E-state index contributed by atoms with van der Waals surface area (Å²) < 4.78 is 34.3. The van der Waals surface area contributed by atoms with Crippen LogP contribution in [-0.4, -0.2) is 109 Å². The first-order chi connectivity index (χ1) is 28.2. The van der Waals surface area contributed by atoms with Gasteiger partial charge in [0.1, 0.15) is 19.8 Å². The number of ether oxygens (including phenoxy) is 2. The number of nitrogens with zero attached hydrogens (tertiary/aromatic N) is 1. The smallest absolute Gasteiger partial charge is 0.462 e. The molecule has 0 spiro atoms. The topological polar surface area (TPSA) is 169 Å². The van der Waals surface area contributed by atoms with Gasteiger partial charge in [0, 0.05) is 25.2 Å². The molecule has 1 fully saturated rings. The molecule has 4 N–H and O–H groups in total. The maximum Gasteiger partial charge on any atom is 0.472 e. The number of aliphatic hydroxyl groups excluding tert-OH is 3. The number of esters is 2. The molecule has 0 amide bonds. The minimum Gasteiger partial charge on any atom is -0.462 e. The van der Waals surface area contributed by atoms with Crippen molar-refractivity contribution in [1.29, 1.82) is 0 Å². The van der Waals surface area contributed by atoms with E-state index in [1.807, 2.05) is 39.4 Å². The summed E-state index contributed by atoms with van der Waals surface area (Å²) in [6.45, 7) is 4.03. The van der Waals surface area contributed by atoms with Crippen molar-refractivity contribution in [1.82, 2.24) is 0 Å². The van der Waals surface area contributed by atoms with Gasteiger partial charge in [0.2, 0.25) is 0 Å². The van der Waals surface area contributed by atoms with Gasteiger partial charge in [0.15, 0.2) is 6.10 Å². The standard InChI is InChI=1S/C46H84NO11P/c1-6-8-10-11-12-13-14-15-16-17-18-19-20-21-27-31-46(52)58-40(38-57-59(53,54)56-35-34-47(3,4)5)37-55-45(51)30-26-23-22-25-29-41-42(44(50)36-43(41)49)33-32-39(48)28-24-9-7-2/h15-16,22,25,32-33,39-44,48-50H,6-14,17-21,23-24,26-31,34-38H2,1-5H3/p+1/b16-15-,25-22+,33-32+/t39-,40+,41+,42+,43-,44+/m0/s1. The van der Waals surface area contributed by atoms with E-state index < -0.39 is 50.8 Å². The van der Waals surface area contributed by atoms with Gasteiger partial charge in [0.05, 0.1) is 46.1 Å². The Morgan fingerprint density at radius 1 is 0.729 bits per heavy atom. The molecule has 0 aromatic heterocycles. The summed E-state index contributed by atoms with van der Waals surface area (Å²) in [5.41, 5.74) is 0. The third kappa shape index (κ3) is 30.7. The number of phosphoric ester groups is 1. The van der Waals surface area contributed by atoms with Gasteiger partial charge >= 0.3 is 19.8 Å². The number of carbonyl (C=O) groups excluding carboxylic acids is 2. The number of hydrogen-bond donors (Lipinski definition) is 4. The minimum atomic E-state index is -4.44. The molecule has 0 heterocycles. The molecular weight excluding hydrogens is 773 g/mol. The van der Waals surface area contributed by atoms with E-state index in [1.54, 1.807) is 6.08 Å². The summed E-state index contributed by atoms with van der Waals surface area (Å²) in [6.07, 6.45) is 30.0. The van der Waals surface area contributed by atoms with E-state index in [1.165, 1.54) is 38.5 Å². The van der Waals surface area contributed by atoms with Gasteiger partial charge in [-0.2, -0.15) is 0 Å². The van der Waals surface area contributed by atoms with Crippen molar-refractivity contribution in [2.24, 2.45) is 11.8 Å². The highest BCUT2D eigenvalue weighted by atomic mass is 31.2. The van der Waals surface area contributed by atoms with Crippen molar-refractivity contribution < 1.29 is 57.4 Å². The van der Waals surface area contributed by atoms with E-state index >= 15 is 0 Å². The minimum absolute atomic E-state index is 0.00913. The first-order valence-corrected chi connectivity index (χ1v) is 24.5. The Morgan fingerprint density at radius 2 is 1.31 bits per heavy atom. The van der Waals surface area contributed by atoms with E-state index in [2.05, 4.69) is 26.0 Å². The maximum atomic E-state index is 12.7. The molecule has 1 saturated carbocycles. The highest BCUT2D eigenvalue weighted by Gasteiger charge is 2.39. The predicted molar refractivity (Wildman–Crippen MR) is 235 cm³/mol. The van der Waals surface area contributed by atoms with Crippen molar-refractivity contribution in [3.05, 3.63) is 36.5 Å². The second kappa shape index (κ2) is 33.7. The Bertz CT molecular complexity index is 1220. The highest BCUT2D eigenvalue weighted by Crippen LogP contribution is 2.43. The number of aliphatic hydroxyl groups is 3.